The SMILES string of the molecule is CCCCC/C=C\C/C=C\C/C=C\CCCCC(=O)OC[C@H](COP(=O)(O)OC1C(O)C(O)C(O)[C@@H](O)C1O)OC(=O)CCCCCCCCCCCCCCC. The van der Waals surface area contributed by atoms with E-state index in [-0.39, 0.29) is 12.8 Å². The van der Waals surface area contributed by atoms with Gasteiger partial charge in [0.2, 0.25) is 0 Å². The lowest BCUT2D eigenvalue weighted by atomic mass is 9.85. The second-order valence-electron chi connectivity index (χ2n) is 15.2. The largest absolute Gasteiger partial charge is 0.472 e. The van der Waals surface area contributed by atoms with Gasteiger partial charge in [0, 0.05) is 12.8 Å². The van der Waals surface area contributed by atoms with Crippen molar-refractivity contribution in [2.24, 2.45) is 0 Å². The van der Waals surface area contributed by atoms with E-state index in [0.29, 0.717) is 12.8 Å². The van der Waals surface area contributed by atoms with Gasteiger partial charge >= 0.3 is 19.8 Å². The van der Waals surface area contributed by atoms with E-state index in [1.807, 2.05) is 0 Å². The normalized spacial score (nSPS) is 23.0. The van der Waals surface area contributed by atoms with E-state index in [0.717, 1.165) is 57.8 Å². The van der Waals surface area contributed by atoms with Crippen molar-refractivity contribution in [3.05, 3.63) is 36.5 Å². The molecule has 0 aromatic rings. The Bertz CT molecular complexity index is 1150. The van der Waals surface area contributed by atoms with Gasteiger partial charge in [-0.15, -0.1) is 0 Å². The molecule has 1 rings (SSSR count). The van der Waals surface area contributed by atoms with Crippen LogP contribution in [0, 0.1) is 0 Å². The monoisotopic (exact) mass is 833 g/mol. The minimum absolute atomic E-state index is 0.0908. The van der Waals surface area contributed by atoms with Crippen molar-refractivity contribution in [2.75, 3.05) is 13.2 Å². The van der Waals surface area contributed by atoms with E-state index < -0.39 is 75.7 Å². The maximum atomic E-state index is 12.8. The molecular formula is C43H77O13P. The molecule has 0 spiro atoms. The third-order valence-corrected chi connectivity index (χ3v) is 11.0. The molecule has 0 radical (unpaired) electrons. The third kappa shape index (κ3) is 26.7. The summed E-state index contributed by atoms with van der Waals surface area (Å²) in [6, 6.07) is 0. The van der Waals surface area contributed by atoms with Gasteiger partial charge in [-0.2, -0.15) is 0 Å². The molecule has 57 heavy (non-hydrogen) atoms. The molecule has 0 aromatic heterocycles. The van der Waals surface area contributed by atoms with Gasteiger partial charge in [0.1, 0.15) is 43.2 Å². The number of carbonyl (C=O) groups is 2. The number of unbranched alkanes of at least 4 members (excludes halogenated alkanes) is 17. The first-order valence-electron chi connectivity index (χ1n) is 21.8. The minimum atomic E-state index is -5.12. The molecule has 0 heterocycles. The van der Waals surface area contributed by atoms with Gasteiger partial charge in [0.25, 0.3) is 0 Å². The zero-order valence-electron chi connectivity index (χ0n) is 34.9. The quantitative estimate of drug-likeness (QED) is 0.0156. The summed E-state index contributed by atoms with van der Waals surface area (Å²) < 4.78 is 33.4. The van der Waals surface area contributed by atoms with E-state index in [1.165, 1.54) is 70.6 Å². The van der Waals surface area contributed by atoms with Crippen molar-refractivity contribution in [1.82, 2.24) is 0 Å². The topological polar surface area (TPSA) is 210 Å². The summed E-state index contributed by atoms with van der Waals surface area (Å²) >= 11 is 0. The molecule has 0 bridgehead atoms. The Morgan fingerprint density at radius 2 is 0.947 bits per heavy atom. The average molecular weight is 833 g/mol. The number of carbonyl (C=O) groups excluding carboxylic acids is 2. The van der Waals surface area contributed by atoms with Crippen LogP contribution in [0.5, 0.6) is 0 Å². The first-order valence-corrected chi connectivity index (χ1v) is 23.3. The van der Waals surface area contributed by atoms with Crippen molar-refractivity contribution < 1.29 is 63.1 Å². The molecule has 0 amide bonds. The highest BCUT2D eigenvalue weighted by Crippen LogP contribution is 2.47. The molecule has 1 aliphatic rings. The van der Waals surface area contributed by atoms with Gasteiger partial charge in [-0.1, -0.05) is 140 Å². The molecule has 6 N–H and O–H groups in total. The Balaban J connectivity index is 2.52. The van der Waals surface area contributed by atoms with E-state index in [9.17, 15) is 44.6 Å². The third-order valence-electron chi connectivity index (χ3n) is 9.98. The van der Waals surface area contributed by atoms with Gasteiger partial charge < -0.3 is 39.9 Å². The first-order chi connectivity index (χ1) is 27.4. The Morgan fingerprint density at radius 3 is 1.47 bits per heavy atom. The second kappa shape index (κ2) is 33.9. The molecule has 8 atom stereocenters. The number of aliphatic hydroxyl groups excluding tert-OH is 5. The molecule has 0 aromatic carbocycles. The van der Waals surface area contributed by atoms with Crippen molar-refractivity contribution in [1.29, 1.82) is 0 Å². The van der Waals surface area contributed by atoms with Crippen molar-refractivity contribution in [3.63, 3.8) is 0 Å². The summed E-state index contributed by atoms with van der Waals surface area (Å²) in [5, 5.41) is 50.0. The van der Waals surface area contributed by atoms with Crippen LogP contribution in [-0.2, 0) is 32.7 Å². The molecule has 0 saturated heterocycles. The number of allylic oxidation sites excluding steroid dienone is 6. The highest BCUT2D eigenvalue weighted by Gasteiger charge is 2.51. The molecule has 14 heteroatoms. The molecule has 1 aliphatic carbocycles. The van der Waals surface area contributed by atoms with Crippen LogP contribution in [0.2, 0.25) is 0 Å². The average Bonchev–Trinajstić information content (AvgIpc) is 3.19. The lowest BCUT2D eigenvalue weighted by molar-refractivity contribution is -0.220. The van der Waals surface area contributed by atoms with Gasteiger partial charge in [-0.25, -0.2) is 4.57 Å². The molecule has 0 aliphatic heterocycles. The fourth-order valence-corrected chi connectivity index (χ4v) is 7.38. The summed E-state index contributed by atoms with van der Waals surface area (Å²) in [5.74, 6) is -1.14. The maximum Gasteiger partial charge on any atom is 0.472 e. The summed E-state index contributed by atoms with van der Waals surface area (Å²) in [4.78, 5) is 35.6. The zero-order valence-corrected chi connectivity index (χ0v) is 35.8. The summed E-state index contributed by atoms with van der Waals surface area (Å²) in [6.45, 7) is 3.22. The van der Waals surface area contributed by atoms with Gasteiger partial charge in [-0.3, -0.25) is 18.6 Å². The zero-order chi connectivity index (χ0) is 42.2. The lowest BCUT2D eigenvalue weighted by Crippen LogP contribution is -2.64. The molecular weight excluding hydrogens is 755 g/mol. The number of hydrogen-bond acceptors (Lipinski definition) is 12. The predicted molar refractivity (Wildman–Crippen MR) is 221 cm³/mol. The smallest absolute Gasteiger partial charge is 0.462 e. The van der Waals surface area contributed by atoms with E-state index >= 15 is 0 Å². The van der Waals surface area contributed by atoms with E-state index in [2.05, 4.69) is 50.3 Å². The lowest BCUT2D eigenvalue weighted by Gasteiger charge is -2.41. The standard InChI is InChI=1S/C43H77O13P/c1-3-5-7-9-11-13-15-17-18-20-21-23-25-27-29-31-36(44)53-33-35(34-54-57(51,52)56-43-41(49)39(47)38(46)40(48)42(43)50)55-37(45)32-30-28-26-24-22-19-16-14-12-10-8-6-4-2/h11,13,17-18,21,23,35,38-43,46-50H,3-10,12,14-16,19-20,22,24-34H2,1-2H3,(H,51,52)/b13-11-,18-17-,23-21-/t35-,38?,39-,40?,41?,42?,43?/m1/s1. The van der Waals surface area contributed by atoms with Crippen LogP contribution >= 0.6 is 7.82 Å². The second-order valence-corrected chi connectivity index (χ2v) is 16.6. The predicted octanol–water partition coefficient (Wildman–Crippen LogP) is 7.83. The highest BCUT2D eigenvalue weighted by molar-refractivity contribution is 7.47. The highest BCUT2D eigenvalue weighted by atomic mass is 31.2. The number of rotatable bonds is 35. The molecule has 1 saturated carbocycles. The fraction of sp³-hybridized carbons (Fsp3) is 0.814. The summed E-state index contributed by atoms with van der Waals surface area (Å²) in [7, 11) is -5.12. The van der Waals surface area contributed by atoms with E-state index in [4.69, 9.17) is 18.5 Å². The maximum absolute atomic E-state index is 12.8. The van der Waals surface area contributed by atoms with Crippen LogP contribution in [0.4, 0.5) is 0 Å². The Morgan fingerprint density at radius 1 is 0.544 bits per heavy atom. The van der Waals surface area contributed by atoms with Crippen LogP contribution in [0.1, 0.15) is 168 Å². The first kappa shape index (κ1) is 53.1. The molecule has 6 unspecified atom stereocenters. The number of hydrogen-bond donors (Lipinski definition) is 6. The number of esters is 2. The van der Waals surface area contributed by atoms with Crippen molar-refractivity contribution >= 4 is 19.8 Å². The number of aliphatic hydroxyl groups is 5. The van der Waals surface area contributed by atoms with Crippen LogP contribution in [0.15, 0.2) is 36.5 Å². The van der Waals surface area contributed by atoms with Gasteiger partial charge in [-0.05, 0) is 51.4 Å². The van der Waals surface area contributed by atoms with Crippen LogP contribution in [0.3, 0.4) is 0 Å². The summed E-state index contributed by atoms with van der Waals surface area (Å²) in [5.41, 5.74) is 0. The van der Waals surface area contributed by atoms with Crippen molar-refractivity contribution in [2.45, 2.75) is 211 Å². The van der Waals surface area contributed by atoms with Crippen molar-refractivity contribution in [3.8, 4) is 0 Å². The van der Waals surface area contributed by atoms with Crippen LogP contribution in [-0.4, -0.2) is 98.3 Å². The number of phosphoric ester groups is 1. The number of phosphoric acid groups is 1. The Kier molecular flexibility index (Phi) is 31.5. The Labute approximate surface area is 342 Å². The molecule has 1 fully saturated rings. The van der Waals surface area contributed by atoms with Crippen LogP contribution in [0.25, 0.3) is 0 Å². The minimum Gasteiger partial charge on any atom is -0.462 e. The van der Waals surface area contributed by atoms with Gasteiger partial charge in [0.15, 0.2) is 6.10 Å². The van der Waals surface area contributed by atoms with Gasteiger partial charge in [0.05, 0.1) is 6.61 Å². The molecule has 13 nitrogen and oxygen atoms in total. The molecule has 332 valence electrons. The Hall–Kier alpha value is -1.93. The fourth-order valence-electron chi connectivity index (χ4n) is 6.41. The number of ether oxygens (including phenoxy) is 2. The summed E-state index contributed by atoms with van der Waals surface area (Å²) in [6.07, 6.45) is 23.5. The van der Waals surface area contributed by atoms with Crippen LogP contribution < -0.4 is 0 Å². The van der Waals surface area contributed by atoms with E-state index in [1.54, 1.807) is 0 Å².